The fourth-order valence-corrected chi connectivity index (χ4v) is 25.0. The van der Waals surface area contributed by atoms with Gasteiger partial charge in [0.25, 0.3) is 0 Å². The van der Waals surface area contributed by atoms with Crippen molar-refractivity contribution >= 4 is 107 Å². The summed E-state index contributed by atoms with van der Waals surface area (Å²) in [6, 6.07) is 133. The zero-order chi connectivity index (χ0) is 63.4. The van der Waals surface area contributed by atoms with E-state index in [2.05, 4.69) is 364 Å². The van der Waals surface area contributed by atoms with Gasteiger partial charge < -0.3 is 24.4 Å². The molecule has 446 valence electrons. The van der Waals surface area contributed by atoms with Gasteiger partial charge in [-0.3, -0.25) is 0 Å². The lowest BCUT2D eigenvalue weighted by Gasteiger charge is -2.27. The number of hydrogen-bond acceptors (Lipinski definition) is 7. The van der Waals surface area contributed by atoms with Gasteiger partial charge in [-0.1, -0.05) is 231 Å². The molecule has 91 heavy (non-hydrogen) atoms. The van der Waals surface area contributed by atoms with Crippen molar-refractivity contribution in [1.82, 2.24) is 0 Å². The molecule has 0 spiro atoms. The molecule has 0 aliphatic carbocycles. The van der Waals surface area contributed by atoms with E-state index in [1.165, 1.54) is 63.7 Å². The number of carbonyl (C=O) groups is 2. The Bertz CT molecular complexity index is 3620. The van der Waals surface area contributed by atoms with Crippen molar-refractivity contribution in [3.05, 3.63) is 393 Å². The van der Waals surface area contributed by atoms with Gasteiger partial charge in [0.1, 0.15) is 95.6 Å². The van der Waals surface area contributed by atoms with Gasteiger partial charge in [0.15, 0.2) is 0 Å². The van der Waals surface area contributed by atoms with Gasteiger partial charge in [-0.05, 0) is 157 Å². The largest absolute Gasteiger partial charge is 0.744 e. The first-order valence-electron chi connectivity index (χ1n) is 29.4. The van der Waals surface area contributed by atoms with Crippen molar-refractivity contribution in [3.8, 4) is 0 Å². The summed E-state index contributed by atoms with van der Waals surface area (Å²) >= 11 is 0. The van der Waals surface area contributed by atoms with Crippen molar-refractivity contribution in [2.24, 2.45) is 0 Å². The Morgan fingerprint density at radius 3 is 0.505 bits per heavy atom. The molecule has 0 N–H and O–H groups in total. The summed E-state index contributed by atoms with van der Waals surface area (Å²) in [5.41, 5.74) is -1.50. The summed E-state index contributed by atoms with van der Waals surface area (Å²) in [7, 11) is -10.8. The van der Waals surface area contributed by atoms with Crippen LogP contribution in [0, 0.1) is 0 Å². The molecule has 13 aromatic carbocycles. The fraction of sp³-hybridized carbons (Fsp3) is 0. The summed E-state index contributed by atoms with van der Waals surface area (Å²) in [5, 5.41) is 37.5. The van der Waals surface area contributed by atoms with Crippen LogP contribution in [0.25, 0.3) is 0 Å². The number of carboxylic acid groups (broad SMARTS) is 2. The van der Waals surface area contributed by atoms with Crippen LogP contribution in [0.4, 0.5) is 0 Å². The third kappa shape index (κ3) is 14.2. The third-order valence-corrected chi connectivity index (χ3v) is 29.2. The van der Waals surface area contributed by atoms with Crippen LogP contribution >= 0.6 is 21.8 Å². The Morgan fingerprint density at radius 1 is 0.231 bits per heavy atom. The maximum absolute atomic E-state index is 10.7. The molecule has 0 fully saturated rings. The van der Waals surface area contributed by atoms with E-state index < -0.39 is 59.9 Å². The van der Waals surface area contributed by atoms with Gasteiger partial charge in [-0.25, -0.2) is 8.42 Å². The molecule has 0 aliphatic rings. The van der Waals surface area contributed by atoms with Crippen LogP contribution in [0.15, 0.2) is 387 Å². The SMILES string of the molecule is O=C([O-])c1ccc(C(=O)[O-])c(S(=O)(=O)[O-])c1.c1ccc([P+](c2ccccc2)(c2ccccc2)c2ccccc2)cc1.c1ccc([P+](c2ccccc2)(c2ccccc2)c2ccccc2)cc1.c1ccc([P+](c2ccccc2)(c2ccccc2)c2ccccc2)cc1. The Hall–Kier alpha value is -10.0. The molecule has 0 aliphatic heterocycles. The fourth-order valence-electron chi connectivity index (χ4n) is 11.5. The smallest absolute Gasteiger partial charge is 0.144 e. The van der Waals surface area contributed by atoms with E-state index in [4.69, 9.17) is 0 Å². The highest BCUT2D eigenvalue weighted by Gasteiger charge is 2.50. The maximum Gasteiger partial charge on any atom is 0.144 e. The molecule has 0 bridgehead atoms. The molecule has 0 radical (unpaired) electrons. The highest BCUT2D eigenvalue weighted by atomic mass is 32.2. The van der Waals surface area contributed by atoms with E-state index in [1.54, 1.807) is 0 Å². The predicted molar refractivity (Wildman–Crippen MR) is 377 cm³/mol. The second kappa shape index (κ2) is 30.5. The summed E-state index contributed by atoms with van der Waals surface area (Å²) in [6.07, 6.45) is 0. The van der Waals surface area contributed by atoms with Crippen molar-refractivity contribution < 1.29 is 32.8 Å². The quantitative estimate of drug-likeness (QED) is 0.0736. The molecule has 7 nitrogen and oxygen atoms in total. The van der Waals surface area contributed by atoms with E-state index in [0.29, 0.717) is 12.1 Å². The van der Waals surface area contributed by atoms with Crippen molar-refractivity contribution in [1.29, 1.82) is 0 Å². The van der Waals surface area contributed by atoms with Crippen LogP contribution in [0.1, 0.15) is 20.7 Å². The Morgan fingerprint density at radius 2 is 0.385 bits per heavy atom. The lowest BCUT2D eigenvalue weighted by molar-refractivity contribution is -0.256. The predicted octanol–water partition coefficient (Wildman–Crippen LogP) is 10.2. The zero-order valence-corrected chi connectivity index (χ0v) is 53.0. The first-order valence-corrected chi connectivity index (χ1v) is 36.1. The van der Waals surface area contributed by atoms with E-state index in [9.17, 15) is 32.8 Å². The minimum atomic E-state index is -5.10. The van der Waals surface area contributed by atoms with Crippen molar-refractivity contribution in [2.75, 3.05) is 0 Å². The first-order chi connectivity index (χ1) is 44.5. The van der Waals surface area contributed by atoms with Crippen LogP contribution in [-0.4, -0.2) is 24.9 Å². The van der Waals surface area contributed by atoms with Crippen LogP contribution in [0.5, 0.6) is 0 Å². The zero-order valence-electron chi connectivity index (χ0n) is 49.5. The number of hydrogen-bond donors (Lipinski definition) is 0. The Kier molecular flexibility index (Phi) is 21.4. The second-order valence-corrected chi connectivity index (χ2v) is 32.3. The van der Waals surface area contributed by atoms with Crippen LogP contribution in [0.3, 0.4) is 0 Å². The summed E-state index contributed by atoms with van der Waals surface area (Å²) in [5.74, 6) is -3.62. The molecule has 0 heterocycles. The number of benzene rings is 13. The molecule has 0 aromatic heterocycles. The molecule has 13 aromatic rings. The average molecular weight is 1260 g/mol. The summed E-state index contributed by atoms with van der Waals surface area (Å²) < 4.78 is 32.0. The van der Waals surface area contributed by atoms with E-state index >= 15 is 0 Å². The maximum atomic E-state index is 10.7. The van der Waals surface area contributed by atoms with Crippen LogP contribution in [0.2, 0.25) is 0 Å². The van der Waals surface area contributed by atoms with Gasteiger partial charge in [-0.15, -0.1) is 0 Å². The minimum absolute atomic E-state index is 0.419. The molecule has 0 unspecified atom stereocenters. The number of carbonyl (C=O) groups excluding carboxylic acids is 2. The van der Waals surface area contributed by atoms with Gasteiger partial charge in [-0.2, -0.15) is 0 Å². The Labute approximate surface area is 535 Å². The van der Waals surface area contributed by atoms with Crippen molar-refractivity contribution in [2.45, 2.75) is 4.90 Å². The molecule has 0 saturated carbocycles. The van der Waals surface area contributed by atoms with E-state index in [1.807, 2.05) is 0 Å². The van der Waals surface area contributed by atoms with Crippen LogP contribution < -0.4 is 73.9 Å². The molecular formula is C80H63O7P3S. The highest BCUT2D eigenvalue weighted by Crippen LogP contribution is 2.56. The van der Waals surface area contributed by atoms with E-state index in [0.717, 1.165) is 6.07 Å². The summed E-state index contributed by atoms with van der Waals surface area (Å²) in [6.45, 7) is 0. The minimum Gasteiger partial charge on any atom is -0.744 e. The van der Waals surface area contributed by atoms with Crippen LogP contribution in [-0.2, 0) is 10.1 Å². The van der Waals surface area contributed by atoms with Gasteiger partial charge in [0, 0.05) is 5.56 Å². The van der Waals surface area contributed by atoms with Gasteiger partial charge in [0.05, 0.1) is 16.8 Å². The normalized spacial score (nSPS) is 11.2. The molecule has 0 atom stereocenters. The van der Waals surface area contributed by atoms with Crippen molar-refractivity contribution in [3.63, 3.8) is 0 Å². The van der Waals surface area contributed by atoms with E-state index in [-0.39, 0.29) is 0 Å². The third-order valence-electron chi connectivity index (χ3n) is 15.4. The lowest BCUT2D eigenvalue weighted by atomic mass is 10.1. The number of aromatic carboxylic acids is 2. The lowest BCUT2D eigenvalue weighted by Crippen LogP contribution is -2.38. The second-order valence-electron chi connectivity index (χ2n) is 20.8. The average Bonchev–Trinajstić information content (AvgIpc) is 0.820. The molecule has 11 heteroatoms. The summed E-state index contributed by atoms with van der Waals surface area (Å²) in [4.78, 5) is 19.7. The highest BCUT2D eigenvalue weighted by molar-refractivity contribution is 8.02. The van der Waals surface area contributed by atoms with Gasteiger partial charge >= 0.3 is 0 Å². The Balaban J connectivity index is 0.000000135. The molecular weight excluding hydrogens is 1200 g/mol. The first kappa shape index (κ1) is 64.0. The molecule has 13 rings (SSSR count). The monoisotopic (exact) mass is 1260 g/mol. The van der Waals surface area contributed by atoms with Gasteiger partial charge in [0.2, 0.25) is 0 Å². The standard InChI is InChI=1S/3C24H20P.C8H6O7S/c3*1-5-13-21(14-6-1)25(22-15-7-2-8-16-22,23-17-9-3-10-18-23)24-19-11-4-12-20-24;9-7(10)4-1-2-5(8(11)12)6(3-4)16(13,14)15/h3*1-20H;1-3H,(H,9,10)(H,11,12)(H,13,14,15)/q3*+1;/p-3. The molecule has 0 amide bonds. The molecule has 0 saturated heterocycles. The number of rotatable bonds is 15. The number of carboxylic acids is 2. The topological polar surface area (TPSA) is 137 Å².